The monoisotopic (exact) mass is 670 g/mol. The summed E-state index contributed by atoms with van der Waals surface area (Å²) in [5.74, 6) is 0.309. The van der Waals surface area contributed by atoms with Gasteiger partial charge in [-0.25, -0.2) is 0 Å². The molecule has 0 atom stereocenters. The number of benzene rings is 6. The Labute approximate surface area is 308 Å². The maximum Gasteiger partial charge on any atom is 0.0461 e. The van der Waals surface area contributed by atoms with Gasteiger partial charge in [-0.2, -0.15) is 0 Å². The fourth-order valence-electron chi connectivity index (χ4n) is 4.69. The van der Waals surface area contributed by atoms with Crippen molar-refractivity contribution in [3.8, 4) is 0 Å². The second kappa shape index (κ2) is 34.0. The molecular formula is C49H67N. The molecule has 0 radical (unpaired) electrons. The van der Waals surface area contributed by atoms with Crippen molar-refractivity contribution in [3.05, 3.63) is 199 Å². The molecule has 50 heavy (non-hydrogen) atoms. The molecule has 0 amide bonds. The van der Waals surface area contributed by atoms with E-state index in [4.69, 9.17) is 0 Å². The predicted molar refractivity (Wildman–Crippen MR) is 229 cm³/mol. The van der Waals surface area contributed by atoms with Gasteiger partial charge in [-0.3, -0.25) is 0 Å². The zero-order chi connectivity index (χ0) is 37.8. The molecule has 0 aromatic heterocycles. The molecule has 0 unspecified atom stereocenters. The molecule has 268 valence electrons. The lowest BCUT2D eigenvalue weighted by Gasteiger charge is -2.25. The quantitative estimate of drug-likeness (QED) is 0.160. The smallest absolute Gasteiger partial charge is 0.0461 e. The van der Waals surface area contributed by atoms with Crippen LogP contribution in [0.1, 0.15) is 106 Å². The second-order valence-corrected chi connectivity index (χ2v) is 9.01. The standard InChI is InChI=1S/C19H16.C18H15N.6C2H6/c2*1-4-10-16(11-5-1)19(17-12-6-2-7-13-17)18-14-8-3-9-15-18;6*1-2/h1-15,19H;1-15H;6*1-2H3. The van der Waals surface area contributed by atoms with E-state index in [2.05, 4.69) is 169 Å². The molecule has 0 N–H and O–H groups in total. The normalized spacial score (nSPS) is 8.58. The van der Waals surface area contributed by atoms with Crippen molar-refractivity contribution >= 4 is 17.1 Å². The molecule has 0 aliphatic carbocycles. The Morgan fingerprint density at radius 3 is 0.580 bits per heavy atom. The molecule has 1 heteroatoms. The van der Waals surface area contributed by atoms with Crippen LogP contribution in [0, 0.1) is 0 Å². The number of anilines is 3. The van der Waals surface area contributed by atoms with Crippen LogP contribution in [0.25, 0.3) is 0 Å². The van der Waals surface area contributed by atoms with E-state index < -0.39 is 0 Å². The van der Waals surface area contributed by atoms with Gasteiger partial charge in [0.15, 0.2) is 0 Å². The van der Waals surface area contributed by atoms with Crippen LogP contribution in [0.4, 0.5) is 17.1 Å². The molecule has 0 saturated heterocycles. The van der Waals surface area contributed by atoms with Gasteiger partial charge in [0.2, 0.25) is 0 Å². The number of nitrogens with zero attached hydrogens (tertiary/aromatic N) is 1. The van der Waals surface area contributed by atoms with Crippen LogP contribution < -0.4 is 4.90 Å². The molecule has 0 bridgehead atoms. The fraction of sp³-hybridized carbons (Fsp3) is 0.265. The van der Waals surface area contributed by atoms with Crippen LogP contribution in [0.15, 0.2) is 182 Å². The van der Waals surface area contributed by atoms with E-state index >= 15 is 0 Å². The molecule has 0 fully saturated rings. The first kappa shape index (κ1) is 47.2. The van der Waals surface area contributed by atoms with Gasteiger partial charge in [0.25, 0.3) is 0 Å². The zero-order valence-electron chi connectivity index (χ0n) is 33.3. The average molecular weight is 670 g/mol. The Kier molecular flexibility index (Phi) is 32.1. The Bertz CT molecular complexity index is 1160. The third kappa shape index (κ3) is 17.0. The summed E-state index contributed by atoms with van der Waals surface area (Å²) in [5.41, 5.74) is 7.50. The molecule has 6 aromatic carbocycles. The molecule has 6 aromatic rings. The number of hydrogen-bond acceptors (Lipinski definition) is 1. The lowest BCUT2D eigenvalue weighted by atomic mass is 9.85. The van der Waals surface area contributed by atoms with Gasteiger partial charge >= 0.3 is 0 Å². The number of rotatable bonds is 6. The summed E-state index contributed by atoms with van der Waals surface area (Å²) in [5, 5.41) is 0. The fourth-order valence-corrected chi connectivity index (χ4v) is 4.69. The van der Waals surface area contributed by atoms with Gasteiger partial charge < -0.3 is 4.90 Å². The zero-order valence-corrected chi connectivity index (χ0v) is 33.3. The summed E-state index contributed by atoms with van der Waals surface area (Å²) < 4.78 is 0. The summed E-state index contributed by atoms with van der Waals surface area (Å²) in [4.78, 5) is 2.25. The largest absolute Gasteiger partial charge is 0.311 e. The number of para-hydroxylation sites is 3. The van der Waals surface area contributed by atoms with E-state index in [9.17, 15) is 0 Å². The van der Waals surface area contributed by atoms with Crippen molar-refractivity contribution in [1.82, 2.24) is 0 Å². The Balaban J connectivity index is 0. The highest BCUT2D eigenvalue weighted by Gasteiger charge is 2.15. The van der Waals surface area contributed by atoms with Gasteiger partial charge in [-0.1, -0.05) is 229 Å². The highest BCUT2D eigenvalue weighted by Crippen LogP contribution is 2.34. The highest BCUT2D eigenvalue weighted by molar-refractivity contribution is 5.76. The van der Waals surface area contributed by atoms with Gasteiger partial charge in [0.05, 0.1) is 0 Å². The van der Waals surface area contributed by atoms with Crippen molar-refractivity contribution in [2.45, 2.75) is 89.0 Å². The van der Waals surface area contributed by atoms with E-state index in [0.29, 0.717) is 5.92 Å². The Morgan fingerprint density at radius 1 is 0.240 bits per heavy atom. The van der Waals surface area contributed by atoms with Gasteiger partial charge in [-0.05, 0) is 53.1 Å². The van der Waals surface area contributed by atoms with E-state index in [1.807, 2.05) is 101 Å². The summed E-state index contributed by atoms with van der Waals surface area (Å²) >= 11 is 0. The van der Waals surface area contributed by atoms with Crippen LogP contribution in [0.2, 0.25) is 0 Å². The molecular weight excluding hydrogens is 603 g/mol. The van der Waals surface area contributed by atoms with Crippen LogP contribution in [-0.2, 0) is 0 Å². The molecule has 1 nitrogen and oxygen atoms in total. The van der Waals surface area contributed by atoms with E-state index in [1.54, 1.807) is 0 Å². The van der Waals surface area contributed by atoms with E-state index in [1.165, 1.54) is 33.8 Å². The minimum Gasteiger partial charge on any atom is -0.311 e. The average Bonchev–Trinajstić information content (AvgIpc) is 3.25. The molecule has 0 spiro atoms. The van der Waals surface area contributed by atoms with Crippen molar-refractivity contribution in [1.29, 1.82) is 0 Å². The van der Waals surface area contributed by atoms with Crippen LogP contribution in [0.5, 0.6) is 0 Å². The maximum absolute atomic E-state index is 2.25. The highest BCUT2D eigenvalue weighted by atomic mass is 15.1. The van der Waals surface area contributed by atoms with E-state index in [-0.39, 0.29) is 0 Å². The minimum absolute atomic E-state index is 0.309. The van der Waals surface area contributed by atoms with Gasteiger partial charge in [0, 0.05) is 23.0 Å². The third-order valence-electron chi connectivity index (χ3n) is 6.44. The van der Waals surface area contributed by atoms with Crippen LogP contribution >= 0.6 is 0 Å². The van der Waals surface area contributed by atoms with Crippen LogP contribution in [0.3, 0.4) is 0 Å². The summed E-state index contributed by atoms with van der Waals surface area (Å²) in [6.07, 6.45) is 0. The molecule has 0 heterocycles. The molecule has 6 rings (SSSR count). The lowest BCUT2D eigenvalue weighted by Crippen LogP contribution is -2.09. The van der Waals surface area contributed by atoms with Crippen LogP contribution in [-0.4, -0.2) is 0 Å². The second-order valence-electron chi connectivity index (χ2n) is 9.01. The first-order valence-electron chi connectivity index (χ1n) is 19.0. The number of hydrogen-bond donors (Lipinski definition) is 0. The predicted octanol–water partition coefficient (Wildman–Crippen LogP) is 16.2. The summed E-state index contributed by atoms with van der Waals surface area (Å²) in [6, 6.07) is 63.3. The van der Waals surface area contributed by atoms with Crippen molar-refractivity contribution in [2.75, 3.05) is 4.90 Å². The van der Waals surface area contributed by atoms with Crippen molar-refractivity contribution in [3.63, 3.8) is 0 Å². The first-order valence-corrected chi connectivity index (χ1v) is 19.0. The minimum atomic E-state index is 0.309. The summed E-state index contributed by atoms with van der Waals surface area (Å²) in [6.45, 7) is 24.0. The van der Waals surface area contributed by atoms with Crippen molar-refractivity contribution < 1.29 is 0 Å². The van der Waals surface area contributed by atoms with E-state index in [0.717, 1.165) is 0 Å². The molecule has 0 aliphatic heterocycles. The third-order valence-corrected chi connectivity index (χ3v) is 6.44. The SMILES string of the molecule is CC.CC.CC.CC.CC.CC.c1ccc(C(c2ccccc2)c2ccccc2)cc1.c1ccc(N(c2ccccc2)c2ccccc2)cc1. The first-order chi connectivity index (χ1) is 24.9. The van der Waals surface area contributed by atoms with Crippen molar-refractivity contribution in [2.24, 2.45) is 0 Å². The lowest BCUT2D eigenvalue weighted by molar-refractivity contribution is 0.977. The Hall–Kier alpha value is -4.88. The Morgan fingerprint density at radius 2 is 0.400 bits per heavy atom. The topological polar surface area (TPSA) is 3.24 Å². The maximum atomic E-state index is 2.25. The van der Waals surface area contributed by atoms with Gasteiger partial charge in [0.1, 0.15) is 0 Å². The summed E-state index contributed by atoms with van der Waals surface area (Å²) in [7, 11) is 0. The molecule has 0 saturated carbocycles. The van der Waals surface area contributed by atoms with Gasteiger partial charge in [-0.15, -0.1) is 0 Å². The molecule has 0 aliphatic rings.